The van der Waals surface area contributed by atoms with E-state index in [4.69, 9.17) is 61.1 Å². The molecule has 3 aromatic rings. The van der Waals surface area contributed by atoms with Crippen LogP contribution in [-0.4, -0.2) is 114 Å². The van der Waals surface area contributed by atoms with E-state index in [2.05, 4.69) is 30.6 Å². The van der Waals surface area contributed by atoms with Crippen LogP contribution in [0.2, 0.25) is 0 Å². The van der Waals surface area contributed by atoms with Gasteiger partial charge in [-0.25, -0.2) is 20.0 Å². The highest BCUT2D eigenvalue weighted by Crippen LogP contribution is 2.40. The third kappa shape index (κ3) is 16.1. The fourth-order valence-electron chi connectivity index (χ4n) is 5.98. The summed E-state index contributed by atoms with van der Waals surface area (Å²) in [6.07, 6.45) is -16.6. The Morgan fingerprint density at radius 1 is 0.653 bits per heavy atom. The minimum absolute atomic E-state index is 0.00418. The van der Waals surface area contributed by atoms with Gasteiger partial charge in [-0.3, -0.25) is 38.9 Å². The van der Waals surface area contributed by atoms with Gasteiger partial charge in [0.15, 0.2) is 23.8 Å². The van der Waals surface area contributed by atoms with Gasteiger partial charge in [0.2, 0.25) is 36.8 Å². The van der Waals surface area contributed by atoms with E-state index in [0.29, 0.717) is 17.0 Å². The number of guanidine groups is 4. The molecule has 0 heterocycles. The molecule has 388 valence electrons. The van der Waals surface area contributed by atoms with E-state index in [1.165, 1.54) is 62.8 Å². The molecule has 24 N–H and O–H groups in total. The first-order chi connectivity index (χ1) is 33.7. The SMILES string of the molecule is COc1ccc(CN(c2ccc([N+](=O)[O-])cc2C(F)(F)F)C(O)C(=O)NC(C(=O)NC(N=C(N)N)C(=O)NC(N=C(N)N)C(=O)NC(N=C(N)N)C(=O)NC(N=C(N)N)C(N)=O)c2ccccc2)c(OC)c1. The second kappa shape index (κ2) is 24.9. The number of alkyl halides is 3. The molecule has 0 fully saturated rings. The van der Waals surface area contributed by atoms with Crippen molar-refractivity contribution in [2.45, 2.75) is 49.7 Å². The van der Waals surface area contributed by atoms with Crippen LogP contribution in [0.1, 0.15) is 22.7 Å². The summed E-state index contributed by atoms with van der Waals surface area (Å²) in [5, 5.41) is 33.5. The van der Waals surface area contributed by atoms with E-state index < -0.39 is 131 Å². The van der Waals surface area contributed by atoms with Crippen LogP contribution >= 0.6 is 0 Å². The number of aliphatic hydroxyl groups excluding tert-OH is 1. The van der Waals surface area contributed by atoms with Crippen LogP contribution in [0.5, 0.6) is 11.5 Å². The number of nitrogens with two attached hydrogens (primary N) is 9. The summed E-state index contributed by atoms with van der Waals surface area (Å²) >= 11 is 0. The van der Waals surface area contributed by atoms with Gasteiger partial charge in [-0.2, -0.15) is 13.2 Å². The standard InChI is InChI=1S/C38H49F3N20O11/c1-71-18-10-8-16(21(13-18)72-2)14-60(20-11-9-17(61(69)70)12-19(20)38(39,40)41)33(68)32(67)51-22(15-6-4-3-5-7-15)28(63)53-25(57-35(45)46)30(65)55-27(59-37(49)50)31(66)54-26(58-36(47)48)29(64)52-24(23(42)62)56-34(43)44/h3-13,22,24-27,33,68H,14H2,1-2H3,(H2,42,62)(H,51,67)(H,52,64)(H,53,63)(H,54,66)(H,55,65)(H4,43,44,56)(H4,45,46,57)(H4,47,48,58)(H4,49,50,59). The van der Waals surface area contributed by atoms with Crippen molar-refractivity contribution in [3.63, 3.8) is 0 Å². The number of aliphatic hydroxyl groups is 1. The summed E-state index contributed by atoms with van der Waals surface area (Å²) in [6, 6.07) is 10.4. The number of carbonyl (C=O) groups excluding carboxylic acids is 6. The molecular formula is C38H49F3N20O11. The second-order valence-electron chi connectivity index (χ2n) is 14.3. The summed E-state index contributed by atoms with van der Waals surface area (Å²) < 4.78 is 54.5. The number of aliphatic imine (C=N–C) groups is 4. The van der Waals surface area contributed by atoms with Crippen LogP contribution in [0.25, 0.3) is 0 Å². The number of carbonyl (C=O) groups is 6. The number of halogens is 3. The molecule has 6 amide bonds. The van der Waals surface area contributed by atoms with Crippen LogP contribution in [0, 0.1) is 10.1 Å². The Labute approximate surface area is 403 Å². The molecule has 31 nitrogen and oxygen atoms in total. The molecule has 0 aliphatic heterocycles. The second-order valence-corrected chi connectivity index (χ2v) is 14.3. The topological polar surface area (TPSA) is 531 Å². The van der Waals surface area contributed by atoms with Gasteiger partial charge in [0, 0.05) is 30.3 Å². The van der Waals surface area contributed by atoms with Gasteiger partial charge in [-0.15, -0.1) is 0 Å². The number of rotatable bonds is 23. The summed E-state index contributed by atoms with van der Waals surface area (Å²) in [7, 11) is 2.53. The van der Waals surface area contributed by atoms with Gasteiger partial charge < -0.3 is 97.7 Å². The quantitative estimate of drug-likeness (QED) is 0.0138. The van der Waals surface area contributed by atoms with Crippen molar-refractivity contribution < 1.29 is 61.4 Å². The number of anilines is 1. The van der Waals surface area contributed by atoms with E-state index >= 15 is 0 Å². The average molecular weight is 1020 g/mol. The number of ether oxygens (including phenoxy) is 2. The first-order valence-corrected chi connectivity index (χ1v) is 19.9. The van der Waals surface area contributed by atoms with E-state index in [-0.39, 0.29) is 28.7 Å². The lowest BCUT2D eigenvalue weighted by molar-refractivity contribution is -0.385. The van der Waals surface area contributed by atoms with Gasteiger partial charge in [-0.05, 0) is 23.8 Å². The number of nitrogens with zero attached hydrogens (tertiary/aromatic N) is 6. The van der Waals surface area contributed by atoms with Crippen LogP contribution in [-0.2, 0) is 41.5 Å². The molecule has 3 rings (SSSR count). The molecule has 0 aliphatic rings. The van der Waals surface area contributed by atoms with Crippen molar-refractivity contribution in [2.75, 3.05) is 19.1 Å². The van der Waals surface area contributed by atoms with Crippen molar-refractivity contribution in [3.05, 3.63) is 93.5 Å². The van der Waals surface area contributed by atoms with E-state index in [9.17, 15) is 57.2 Å². The summed E-state index contributed by atoms with van der Waals surface area (Å²) in [5.41, 5.74) is 44.9. The number of non-ortho nitro benzene ring substituents is 1. The molecule has 34 heteroatoms. The van der Waals surface area contributed by atoms with Crippen molar-refractivity contribution in [3.8, 4) is 11.5 Å². The number of benzene rings is 3. The number of nitro benzene ring substituents is 1. The smallest absolute Gasteiger partial charge is 0.418 e. The monoisotopic (exact) mass is 1020 g/mol. The fourth-order valence-corrected chi connectivity index (χ4v) is 5.98. The average Bonchev–Trinajstić information content (AvgIpc) is 3.30. The fraction of sp³-hybridized carbons (Fsp3) is 0.263. The van der Waals surface area contributed by atoms with Gasteiger partial charge in [0.05, 0.1) is 30.4 Å². The first kappa shape index (κ1) is 56.4. The largest absolute Gasteiger partial charge is 0.497 e. The van der Waals surface area contributed by atoms with E-state index in [0.717, 1.165) is 0 Å². The van der Waals surface area contributed by atoms with Gasteiger partial charge in [0.25, 0.3) is 35.2 Å². The normalized spacial score (nSPS) is 13.2. The number of hydrogen-bond acceptors (Lipinski definition) is 16. The van der Waals surface area contributed by atoms with Crippen LogP contribution in [0.4, 0.5) is 24.5 Å². The molecule has 6 atom stereocenters. The molecule has 0 radical (unpaired) electrons. The Balaban J connectivity index is 2.07. The molecule has 6 unspecified atom stereocenters. The highest BCUT2D eigenvalue weighted by molar-refractivity contribution is 5.99. The van der Waals surface area contributed by atoms with Gasteiger partial charge in [-0.1, -0.05) is 30.3 Å². The molecule has 0 aromatic heterocycles. The first-order valence-electron chi connectivity index (χ1n) is 19.9. The predicted octanol–water partition coefficient (Wildman–Crippen LogP) is -5.84. The van der Waals surface area contributed by atoms with E-state index in [1.807, 2.05) is 16.0 Å². The summed E-state index contributed by atoms with van der Waals surface area (Å²) in [6.45, 7) is -0.759. The summed E-state index contributed by atoms with van der Waals surface area (Å²) in [5.74, 6) is -11.6. The lowest BCUT2D eigenvalue weighted by atomic mass is 10.1. The van der Waals surface area contributed by atoms with Crippen LogP contribution in [0.3, 0.4) is 0 Å². The van der Waals surface area contributed by atoms with Crippen molar-refractivity contribution in [1.29, 1.82) is 0 Å². The zero-order valence-corrected chi connectivity index (χ0v) is 37.6. The predicted molar refractivity (Wildman–Crippen MR) is 247 cm³/mol. The molecule has 3 aromatic carbocycles. The van der Waals surface area contributed by atoms with Crippen molar-refractivity contribution in [1.82, 2.24) is 26.6 Å². The molecular weight excluding hydrogens is 970 g/mol. The van der Waals surface area contributed by atoms with Crippen LogP contribution in [0.15, 0.2) is 86.7 Å². The van der Waals surface area contributed by atoms with Crippen molar-refractivity contribution >= 4 is 70.7 Å². The van der Waals surface area contributed by atoms with Crippen molar-refractivity contribution in [2.24, 2.45) is 71.6 Å². The van der Waals surface area contributed by atoms with Gasteiger partial charge in [0.1, 0.15) is 17.5 Å². The maximum Gasteiger partial charge on any atom is 0.418 e. The number of amides is 6. The van der Waals surface area contributed by atoms with Gasteiger partial charge >= 0.3 is 6.18 Å². The third-order valence-corrected chi connectivity index (χ3v) is 9.10. The molecule has 0 saturated heterocycles. The highest BCUT2D eigenvalue weighted by atomic mass is 19.4. The molecule has 72 heavy (non-hydrogen) atoms. The molecule has 0 saturated carbocycles. The Morgan fingerprint density at radius 2 is 1.12 bits per heavy atom. The lowest BCUT2D eigenvalue weighted by Crippen LogP contribution is -2.58. The Morgan fingerprint density at radius 3 is 1.56 bits per heavy atom. The number of nitro groups is 1. The molecule has 0 aliphatic carbocycles. The minimum atomic E-state index is -5.32. The molecule has 0 spiro atoms. The zero-order chi connectivity index (χ0) is 54.2. The maximum absolute atomic E-state index is 14.6. The zero-order valence-electron chi connectivity index (χ0n) is 37.6. The third-order valence-electron chi connectivity index (χ3n) is 9.10. The Hall–Kier alpha value is -9.89. The molecule has 0 bridgehead atoms. The Kier molecular flexibility index (Phi) is 19.5. The maximum atomic E-state index is 14.6. The lowest BCUT2D eigenvalue weighted by Gasteiger charge is -2.33. The van der Waals surface area contributed by atoms with E-state index in [1.54, 1.807) is 0 Å². The Bertz CT molecular complexity index is 2620. The number of primary amides is 1. The number of methoxy groups -OCH3 is 2. The summed E-state index contributed by atoms with van der Waals surface area (Å²) in [4.78, 5) is 106. The number of nitrogens with one attached hydrogen (secondary N) is 5. The highest BCUT2D eigenvalue weighted by Gasteiger charge is 2.40. The van der Waals surface area contributed by atoms with Crippen LogP contribution < -0.4 is 92.6 Å². The minimum Gasteiger partial charge on any atom is -0.497 e. The number of hydrogen-bond donors (Lipinski definition) is 15.